The summed E-state index contributed by atoms with van der Waals surface area (Å²) in [7, 11) is 0. The van der Waals surface area contributed by atoms with Crippen molar-refractivity contribution in [2.45, 2.75) is 6.92 Å². The van der Waals surface area contributed by atoms with Crippen LogP contribution in [0.15, 0.2) is 71.7 Å². The van der Waals surface area contributed by atoms with Crippen molar-refractivity contribution in [1.82, 2.24) is 4.98 Å². The Morgan fingerprint density at radius 1 is 1.33 bits per heavy atom. The van der Waals surface area contributed by atoms with E-state index >= 15 is 0 Å². The summed E-state index contributed by atoms with van der Waals surface area (Å²) >= 11 is 0. The number of benzene rings is 1. The van der Waals surface area contributed by atoms with Crippen molar-refractivity contribution in [2.24, 2.45) is 5.10 Å². The van der Waals surface area contributed by atoms with Crippen molar-refractivity contribution in [2.75, 3.05) is 11.6 Å². The minimum absolute atomic E-state index is 0.147. The van der Waals surface area contributed by atoms with Crippen LogP contribution in [0.4, 0.5) is 5.69 Å². The third-order valence-corrected chi connectivity index (χ3v) is 2.91. The number of hydrogen-bond donors (Lipinski definition) is 0. The zero-order chi connectivity index (χ0) is 17.2. The third kappa shape index (κ3) is 4.78. The van der Waals surface area contributed by atoms with Gasteiger partial charge in [-0.15, -0.1) is 0 Å². The summed E-state index contributed by atoms with van der Waals surface area (Å²) in [6, 6.07) is 14.8. The van der Waals surface area contributed by atoms with Crippen molar-refractivity contribution in [3.63, 3.8) is 0 Å². The van der Waals surface area contributed by atoms with Crippen molar-refractivity contribution < 1.29 is 9.53 Å². The van der Waals surface area contributed by atoms with Gasteiger partial charge >= 0.3 is 5.97 Å². The fourth-order valence-electron chi connectivity index (χ4n) is 1.79. The van der Waals surface area contributed by atoms with Gasteiger partial charge in [-0.05, 0) is 24.6 Å². The molecule has 1 aromatic carbocycles. The molecule has 0 unspecified atom stereocenters. The van der Waals surface area contributed by atoms with Gasteiger partial charge in [0.05, 0.1) is 30.9 Å². The smallest absolute Gasteiger partial charge is 0.350 e. The molecule has 6 nitrogen and oxygen atoms in total. The average Bonchev–Trinajstić information content (AvgIpc) is 2.63. The van der Waals surface area contributed by atoms with E-state index in [0.717, 1.165) is 5.56 Å². The number of nitriles is 1. The Morgan fingerprint density at radius 3 is 2.75 bits per heavy atom. The van der Waals surface area contributed by atoms with Crippen molar-refractivity contribution in [3.05, 3.63) is 72.2 Å². The van der Waals surface area contributed by atoms with Crippen LogP contribution in [-0.2, 0) is 9.53 Å². The second kappa shape index (κ2) is 8.86. The Kier molecular flexibility index (Phi) is 6.24. The standard InChI is InChI=1S/C18H16N4O2/c1-2-24-18(23)16(11-19)14-22(17-9-6-10-20-13-17)21-12-15-7-4-3-5-8-15/h3-10,12-14H,2H2,1H3/b16-14+,21-12+. The average molecular weight is 320 g/mol. The minimum atomic E-state index is -0.691. The van der Waals surface area contributed by atoms with Gasteiger partial charge in [-0.3, -0.25) is 4.98 Å². The van der Waals surface area contributed by atoms with E-state index in [0.29, 0.717) is 5.69 Å². The first-order valence-corrected chi connectivity index (χ1v) is 7.32. The Hall–Kier alpha value is -3.46. The Balaban J connectivity index is 2.35. The summed E-state index contributed by atoms with van der Waals surface area (Å²) < 4.78 is 4.87. The highest BCUT2D eigenvalue weighted by Gasteiger charge is 2.13. The van der Waals surface area contributed by atoms with Crippen LogP contribution in [-0.4, -0.2) is 23.8 Å². The Labute approximate surface area is 140 Å². The van der Waals surface area contributed by atoms with Crippen LogP contribution in [0, 0.1) is 11.3 Å². The van der Waals surface area contributed by atoms with Crippen molar-refractivity contribution in [3.8, 4) is 6.07 Å². The van der Waals surface area contributed by atoms with Crippen molar-refractivity contribution in [1.29, 1.82) is 5.26 Å². The van der Waals surface area contributed by atoms with Crippen molar-refractivity contribution >= 4 is 17.9 Å². The van der Waals surface area contributed by atoms with Crippen LogP contribution in [0.5, 0.6) is 0 Å². The molecule has 0 radical (unpaired) electrons. The van der Waals surface area contributed by atoms with Crippen LogP contribution < -0.4 is 5.01 Å². The topological polar surface area (TPSA) is 78.6 Å². The molecule has 0 atom stereocenters. The van der Waals surface area contributed by atoms with E-state index in [1.54, 1.807) is 37.7 Å². The van der Waals surface area contributed by atoms with E-state index in [1.165, 1.54) is 11.2 Å². The van der Waals surface area contributed by atoms with Gasteiger partial charge in [-0.25, -0.2) is 9.80 Å². The number of hydrogen-bond acceptors (Lipinski definition) is 6. The number of ether oxygens (including phenoxy) is 1. The molecule has 1 heterocycles. The van der Waals surface area contributed by atoms with Gasteiger partial charge in [-0.2, -0.15) is 10.4 Å². The van der Waals surface area contributed by atoms with E-state index in [1.807, 2.05) is 36.4 Å². The number of carbonyl (C=O) groups excluding carboxylic acids is 1. The lowest BCUT2D eigenvalue weighted by atomic mass is 10.2. The highest BCUT2D eigenvalue weighted by atomic mass is 16.5. The maximum atomic E-state index is 11.8. The first-order chi connectivity index (χ1) is 11.7. The third-order valence-electron chi connectivity index (χ3n) is 2.91. The summed E-state index contributed by atoms with van der Waals surface area (Å²) in [4.78, 5) is 15.8. The number of anilines is 1. The lowest BCUT2D eigenvalue weighted by Gasteiger charge is -2.14. The van der Waals surface area contributed by atoms with Gasteiger partial charge in [0.1, 0.15) is 6.07 Å². The van der Waals surface area contributed by atoms with E-state index in [2.05, 4.69) is 10.1 Å². The number of pyridine rings is 1. The number of aromatic nitrogens is 1. The molecule has 0 amide bonds. The zero-order valence-corrected chi connectivity index (χ0v) is 13.2. The summed E-state index contributed by atoms with van der Waals surface area (Å²) in [6.07, 6.45) is 6.17. The van der Waals surface area contributed by atoms with Crippen LogP contribution in [0.25, 0.3) is 0 Å². The van der Waals surface area contributed by atoms with Gasteiger partial charge in [0.15, 0.2) is 5.57 Å². The highest BCUT2D eigenvalue weighted by Crippen LogP contribution is 2.15. The predicted octanol–water partition coefficient (Wildman–Crippen LogP) is 2.89. The predicted molar refractivity (Wildman–Crippen MR) is 91.1 cm³/mol. The largest absolute Gasteiger partial charge is 0.462 e. The summed E-state index contributed by atoms with van der Waals surface area (Å²) in [5.41, 5.74) is 1.35. The molecule has 2 rings (SSSR count). The second-order valence-corrected chi connectivity index (χ2v) is 4.59. The summed E-state index contributed by atoms with van der Waals surface area (Å²) in [5, 5.41) is 14.9. The van der Waals surface area contributed by atoms with Gasteiger partial charge in [0.2, 0.25) is 0 Å². The molecule has 0 bridgehead atoms. The van der Waals surface area contributed by atoms with E-state index in [9.17, 15) is 10.1 Å². The SMILES string of the molecule is CCOC(=O)/C(C#N)=C/N(/N=C/c1ccccc1)c1cccnc1. The fourth-order valence-corrected chi connectivity index (χ4v) is 1.79. The molecule has 0 spiro atoms. The maximum absolute atomic E-state index is 11.8. The normalized spacial score (nSPS) is 11.1. The maximum Gasteiger partial charge on any atom is 0.350 e. The fraction of sp³-hybridized carbons (Fsp3) is 0.111. The molecule has 0 saturated heterocycles. The summed E-state index contributed by atoms with van der Waals surface area (Å²) in [5.74, 6) is -0.691. The lowest BCUT2D eigenvalue weighted by Crippen LogP contribution is -2.14. The van der Waals surface area contributed by atoms with Gasteiger partial charge in [-0.1, -0.05) is 30.3 Å². The monoisotopic (exact) mass is 320 g/mol. The quantitative estimate of drug-likeness (QED) is 0.269. The Bertz CT molecular complexity index is 765. The number of carbonyl (C=O) groups is 1. The van der Waals surface area contributed by atoms with Crippen LogP contribution in [0.1, 0.15) is 12.5 Å². The molecule has 1 aromatic heterocycles. The number of rotatable bonds is 6. The molecular formula is C18H16N4O2. The molecule has 0 saturated carbocycles. The molecule has 0 aliphatic heterocycles. The van der Waals surface area contributed by atoms with E-state index < -0.39 is 5.97 Å². The minimum Gasteiger partial charge on any atom is -0.462 e. The molecular weight excluding hydrogens is 304 g/mol. The Morgan fingerprint density at radius 2 is 2.12 bits per heavy atom. The molecule has 0 fully saturated rings. The summed E-state index contributed by atoms with van der Waals surface area (Å²) in [6.45, 7) is 1.87. The van der Waals surface area contributed by atoms with Crippen LogP contribution in [0.3, 0.4) is 0 Å². The molecule has 120 valence electrons. The van der Waals surface area contributed by atoms with Crippen LogP contribution in [0.2, 0.25) is 0 Å². The van der Waals surface area contributed by atoms with E-state index in [-0.39, 0.29) is 12.2 Å². The lowest BCUT2D eigenvalue weighted by molar-refractivity contribution is -0.138. The first kappa shape index (κ1) is 16.9. The highest BCUT2D eigenvalue weighted by molar-refractivity contribution is 5.93. The molecule has 0 N–H and O–H groups in total. The first-order valence-electron chi connectivity index (χ1n) is 7.32. The number of nitrogens with zero attached hydrogens (tertiary/aromatic N) is 4. The van der Waals surface area contributed by atoms with Gasteiger partial charge < -0.3 is 4.74 Å². The molecule has 6 heteroatoms. The van der Waals surface area contributed by atoms with Gasteiger partial charge in [0.25, 0.3) is 0 Å². The van der Waals surface area contributed by atoms with E-state index in [4.69, 9.17) is 4.74 Å². The molecule has 2 aromatic rings. The molecule has 0 aliphatic rings. The zero-order valence-electron chi connectivity index (χ0n) is 13.2. The van der Waals surface area contributed by atoms with Crippen LogP contribution >= 0.6 is 0 Å². The number of esters is 1. The van der Waals surface area contributed by atoms with Gasteiger partial charge in [0, 0.05) is 6.20 Å². The number of hydrazone groups is 1. The molecule has 24 heavy (non-hydrogen) atoms. The molecule has 0 aliphatic carbocycles. The second-order valence-electron chi connectivity index (χ2n) is 4.59.